The number of benzene rings is 2. The molecule has 2 amide bonds. The fourth-order valence-electron chi connectivity index (χ4n) is 9.31. The van der Waals surface area contributed by atoms with E-state index in [1.165, 1.54) is 25.0 Å². The second-order valence-corrected chi connectivity index (χ2v) is 17.5. The summed E-state index contributed by atoms with van der Waals surface area (Å²) in [6.07, 6.45) is 3.95. The third-order valence-corrected chi connectivity index (χ3v) is 13.9. The van der Waals surface area contributed by atoms with Crippen LogP contribution in [0.15, 0.2) is 36.4 Å². The van der Waals surface area contributed by atoms with Crippen molar-refractivity contribution >= 4 is 29.3 Å². The highest BCUT2D eigenvalue weighted by atomic mass is 32.2. The van der Waals surface area contributed by atoms with Gasteiger partial charge in [-0.05, 0) is 91.7 Å². The van der Waals surface area contributed by atoms with Crippen LogP contribution in [0.1, 0.15) is 75.7 Å². The van der Waals surface area contributed by atoms with E-state index in [2.05, 4.69) is 31.4 Å². The van der Waals surface area contributed by atoms with Gasteiger partial charge < -0.3 is 30.5 Å². The molecule has 0 aromatic heterocycles. The van der Waals surface area contributed by atoms with Crippen molar-refractivity contribution in [2.75, 3.05) is 45.0 Å². The molecule has 3 saturated carbocycles. The molecule has 3 aliphatic carbocycles. The molecule has 2 aliphatic heterocycles. The van der Waals surface area contributed by atoms with Gasteiger partial charge in [-0.25, -0.2) is 0 Å². The quantitative estimate of drug-likeness (QED) is 0.224. The van der Waals surface area contributed by atoms with Gasteiger partial charge >= 0.3 is 0 Å². The Balaban J connectivity index is 1.25. The number of methoxy groups -OCH3 is 1. The number of hydrogen-bond donors (Lipinski definition) is 4. The molecule has 4 N–H and O–H groups in total. The molecule has 1 unspecified atom stereocenters. The minimum atomic E-state index is -0.887. The number of nitrogens with one attached hydrogen (secondary N) is 2. The lowest BCUT2D eigenvalue weighted by molar-refractivity contribution is -0.183. The van der Waals surface area contributed by atoms with E-state index in [-0.39, 0.29) is 31.0 Å². The molecule has 2 aromatic carbocycles. The summed E-state index contributed by atoms with van der Waals surface area (Å²) in [6, 6.07) is 10.9. The molecule has 2 aromatic rings. The Kier molecular flexibility index (Phi) is 11.6. The van der Waals surface area contributed by atoms with Crippen LogP contribution in [0.5, 0.6) is 5.75 Å². The zero-order valence-electron chi connectivity index (χ0n) is 31.4. The number of aliphatic hydroxyl groups is 2. The Morgan fingerprint density at radius 3 is 2.61 bits per heavy atom. The summed E-state index contributed by atoms with van der Waals surface area (Å²) in [6.45, 7) is 9.08. The molecule has 10 nitrogen and oxygen atoms in total. The molecule has 9 atom stereocenters. The summed E-state index contributed by atoms with van der Waals surface area (Å²) in [4.78, 5) is 35.9. The molecule has 51 heavy (non-hydrogen) atoms. The largest absolute Gasteiger partial charge is 0.496 e. The third-order valence-electron chi connectivity index (χ3n) is 12.5. The van der Waals surface area contributed by atoms with Gasteiger partial charge in [-0.3, -0.25) is 14.4 Å². The number of hydrogen-bond acceptors (Lipinski definition) is 9. The average molecular weight is 723 g/mol. The van der Waals surface area contributed by atoms with E-state index in [4.69, 9.17) is 9.57 Å². The van der Waals surface area contributed by atoms with Gasteiger partial charge in [0.1, 0.15) is 17.9 Å². The first kappa shape index (κ1) is 37.9. The molecule has 7 rings (SSSR count). The standard InChI is InChI=1S/C40H58N4O6S/c1-23-32-19-28(40(32,3)4)20-33(23)42-39(48)36-35(24(2)46)34(22-45)50-44(36)21-25-10-8-12-31(37(25)49-7)26-16-27(18-29(17-26)43(5)6)38(47)41-14-13-30-11-9-15-51-30/h8,10,12,16-18,23-24,28,30,32-36,45-46H,9,11,13-15,19-22H2,1-7H3,(H,41,47)(H,42,48)/t23-,24-,28+,30?,32-,33-,34-,35+,36-/m0/s1. The number of fused-ring (bicyclic) bond motifs is 2. The monoisotopic (exact) mass is 722 g/mol. The molecule has 2 bridgehead atoms. The van der Waals surface area contributed by atoms with Crippen molar-refractivity contribution in [1.29, 1.82) is 0 Å². The fourth-order valence-corrected chi connectivity index (χ4v) is 10.6. The smallest absolute Gasteiger partial charge is 0.251 e. The van der Waals surface area contributed by atoms with Gasteiger partial charge in [0.25, 0.3) is 5.91 Å². The van der Waals surface area contributed by atoms with Crippen LogP contribution in [0.3, 0.4) is 0 Å². The van der Waals surface area contributed by atoms with E-state index in [1.807, 2.05) is 67.2 Å². The van der Waals surface area contributed by atoms with E-state index >= 15 is 0 Å². The molecular formula is C40H58N4O6S. The van der Waals surface area contributed by atoms with Crippen LogP contribution in [0, 0.1) is 29.1 Å². The van der Waals surface area contributed by atoms with E-state index in [0.717, 1.165) is 35.2 Å². The second kappa shape index (κ2) is 15.6. The zero-order chi connectivity index (χ0) is 36.6. The molecule has 0 radical (unpaired) electrons. The fraction of sp³-hybridized carbons (Fsp3) is 0.650. The van der Waals surface area contributed by atoms with Gasteiger partial charge in [0.2, 0.25) is 5.91 Å². The number of rotatable bonds is 13. The van der Waals surface area contributed by atoms with Crippen LogP contribution in [0.25, 0.3) is 11.1 Å². The Morgan fingerprint density at radius 2 is 1.98 bits per heavy atom. The molecule has 280 valence electrons. The average Bonchev–Trinajstić information content (AvgIpc) is 3.76. The lowest BCUT2D eigenvalue weighted by Gasteiger charge is -2.62. The van der Waals surface area contributed by atoms with Crippen molar-refractivity contribution in [3.05, 3.63) is 47.5 Å². The minimum absolute atomic E-state index is 0.0498. The predicted molar refractivity (Wildman–Crippen MR) is 203 cm³/mol. The molecule has 11 heteroatoms. The van der Waals surface area contributed by atoms with Crippen molar-refractivity contribution in [2.45, 2.75) is 95.9 Å². The molecule has 5 fully saturated rings. The predicted octanol–water partition coefficient (Wildman–Crippen LogP) is 5.10. The van der Waals surface area contributed by atoms with E-state index in [0.29, 0.717) is 46.3 Å². The van der Waals surface area contributed by atoms with Crippen LogP contribution < -0.4 is 20.3 Å². The Hall–Kier alpha value is -2.83. The van der Waals surface area contributed by atoms with Crippen LogP contribution in [0.2, 0.25) is 0 Å². The number of nitrogens with zero attached hydrogens (tertiary/aromatic N) is 2. The third kappa shape index (κ3) is 7.65. The topological polar surface area (TPSA) is 124 Å². The van der Waals surface area contributed by atoms with E-state index < -0.39 is 24.2 Å². The van der Waals surface area contributed by atoms with Crippen molar-refractivity contribution in [3.8, 4) is 16.9 Å². The van der Waals surface area contributed by atoms with E-state index in [9.17, 15) is 19.8 Å². The number of carbonyl (C=O) groups is 2. The SMILES string of the molecule is COc1c(CN2O[C@@H](CO)[C@@H]([C@H](C)O)[C@H]2C(=O)N[C@H]2C[C@H]3C[C@@H]([C@@H]2C)C3(C)C)cccc1-c1cc(C(=O)NCCC2CCCS2)cc(N(C)C)c1. The summed E-state index contributed by atoms with van der Waals surface area (Å²) >= 11 is 1.99. The first-order valence-corrected chi connectivity index (χ1v) is 19.8. The van der Waals surface area contributed by atoms with Crippen LogP contribution >= 0.6 is 11.8 Å². The second-order valence-electron chi connectivity index (χ2n) is 16.1. The maximum Gasteiger partial charge on any atom is 0.251 e. The van der Waals surface area contributed by atoms with Crippen LogP contribution in [-0.2, 0) is 16.2 Å². The Labute approximate surface area is 308 Å². The molecule has 2 heterocycles. The minimum Gasteiger partial charge on any atom is -0.496 e. The summed E-state index contributed by atoms with van der Waals surface area (Å²) in [7, 11) is 5.53. The maximum absolute atomic E-state index is 14.2. The summed E-state index contributed by atoms with van der Waals surface area (Å²) in [5.74, 6) is 2.37. The van der Waals surface area contributed by atoms with Crippen LogP contribution in [-0.4, -0.2) is 96.7 Å². The number of amides is 2. The van der Waals surface area contributed by atoms with Crippen molar-refractivity contribution in [2.24, 2.45) is 29.1 Å². The number of hydroxylamine groups is 2. The lowest BCUT2D eigenvalue weighted by Crippen LogP contribution is -2.62. The van der Waals surface area contributed by atoms with Gasteiger partial charge in [0, 0.05) is 60.2 Å². The highest BCUT2D eigenvalue weighted by molar-refractivity contribution is 8.00. The van der Waals surface area contributed by atoms with Crippen molar-refractivity contribution in [3.63, 3.8) is 0 Å². The molecule has 0 spiro atoms. The number of thioether (sulfide) groups is 1. The van der Waals surface area contributed by atoms with Gasteiger partial charge in [0.15, 0.2) is 0 Å². The summed E-state index contributed by atoms with van der Waals surface area (Å²) in [5.41, 5.74) is 4.17. The Morgan fingerprint density at radius 1 is 1.20 bits per heavy atom. The van der Waals surface area contributed by atoms with Crippen molar-refractivity contribution in [1.82, 2.24) is 15.7 Å². The van der Waals surface area contributed by atoms with E-state index in [1.54, 1.807) is 19.1 Å². The molecular weight excluding hydrogens is 665 g/mol. The maximum atomic E-state index is 14.2. The molecule has 2 saturated heterocycles. The first-order valence-electron chi connectivity index (χ1n) is 18.7. The van der Waals surface area contributed by atoms with Gasteiger partial charge in [-0.15, -0.1) is 0 Å². The molecule has 5 aliphatic rings. The summed E-state index contributed by atoms with van der Waals surface area (Å²) < 4.78 is 6.06. The number of para-hydroxylation sites is 1. The number of ether oxygens (including phenoxy) is 1. The van der Waals surface area contributed by atoms with Crippen molar-refractivity contribution < 1.29 is 29.4 Å². The van der Waals surface area contributed by atoms with Crippen LogP contribution in [0.4, 0.5) is 5.69 Å². The number of aliphatic hydroxyl groups excluding tert-OH is 2. The lowest BCUT2D eigenvalue weighted by atomic mass is 9.45. The number of carbonyl (C=O) groups excluding carboxylic acids is 2. The summed E-state index contributed by atoms with van der Waals surface area (Å²) in [5, 5.41) is 30.0. The normalized spacial score (nSPS) is 30.4. The Bertz CT molecular complexity index is 1560. The van der Waals surface area contributed by atoms with Gasteiger partial charge in [0.05, 0.1) is 26.4 Å². The number of anilines is 1. The zero-order valence-corrected chi connectivity index (χ0v) is 32.2. The highest BCUT2D eigenvalue weighted by Gasteiger charge is 2.57. The highest BCUT2D eigenvalue weighted by Crippen LogP contribution is 2.61. The van der Waals surface area contributed by atoms with Gasteiger partial charge in [-0.2, -0.15) is 16.8 Å². The first-order chi connectivity index (χ1) is 24.3. The van der Waals surface area contributed by atoms with Gasteiger partial charge in [-0.1, -0.05) is 39.0 Å².